The fraction of sp³-hybridized carbons (Fsp3) is 0.529. The molecule has 1 aromatic carbocycles. The molecule has 2 heterocycles. The highest BCUT2D eigenvalue weighted by Gasteiger charge is 2.37. The number of aromatic nitrogens is 3. The number of sulfonamides is 1. The normalized spacial score (nSPS) is 19.5. The lowest BCUT2D eigenvalue weighted by molar-refractivity contribution is 0.246. The number of aryl methyl sites for hydroxylation is 1. The number of nitrogens with zero attached hydrogens (tertiary/aromatic N) is 3. The van der Waals surface area contributed by atoms with Gasteiger partial charge < -0.3 is 0 Å². The van der Waals surface area contributed by atoms with Gasteiger partial charge in [-0.15, -0.1) is 0 Å². The van der Waals surface area contributed by atoms with E-state index in [9.17, 15) is 8.42 Å². The number of hydrogen-bond donors (Lipinski definition) is 1. The fourth-order valence-corrected chi connectivity index (χ4v) is 5.77. The number of benzene rings is 1. The number of hydrogen-bond acceptors (Lipinski definition) is 4. The van der Waals surface area contributed by atoms with Crippen LogP contribution in [0.25, 0.3) is 0 Å². The minimum absolute atomic E-state index is 0.199. The summed E-state index contributed by atoms with van der Waals surface area (Å²) in [4.78, 5) is 4.85. The van der Waals surface area contributed by atoms with E-state index >= 15 is 0 Å². The topological polar surface area (TPSA) is 79.0 Å². The standard InChI is InChI=1S/C17H23BrN4O2S/c1-11(2)16-19-17(21-20-16)14-6-4-5-9-22(14)25(23,24)15-10-12(3)7-8-13(15)18/h7-8,10-11,14H,4-6,9H2,1-3H3,(H,19,20,21). The number of piperidine rings is 1. The molecule has 1 aliphatic rings. The molecule has 1 fully saturated rings. The molecule has 0 saturated carbocycles. The van der Waals surface area contributed by atoms with Crippen LogP contribution in [0, 0.1) is 6.92 Å². The lowest BCUT2D eigenvalue weighted by atomic mass is 10.0. The first-order valence-electron chi connectivity index (χ1n) is 8.51. The highest BCUT2D eigenvalue weighted by Crippen LogP contribution is 2.36. The monoisotopic (exact) mass is 426 g/mol. The average molecular weight is 427 g/mol. The second-order valence-corrected chi connectivity index (χ2v) is 9.51. The number of halogens is 1. The van der Waals surface area contributed by atoms with Crippen LogP contribution in [-0.4, -0.2) is 34.4 Å². The predicted octanol–water partition coefficient (Wildman–Crippen LogP) is 3.91. The quantitative estimate of drug-likeness (QED) is 0.803. The second-order valence-electron chi connectivity index (χ2n) is 6.79. The van der Waals surface area contributed by atoms with Crippen LogP contribution in [0.2, 0.25) is 0 Å². The second kappa shape index (κ2) is 7.17. The summed E-state index contributed by atoms with van der Waals surface area (Å²) in [5.41, 5.74) is 0.914. The summed E-state index contributed by atoms with van der Waals surface area (Å²) in [7, 11) is -3.62. The van der Waals surface area contributed by atoms with E-state index in [-0.39, 0.29) is 12.0 Å². The molecule has 136 valence electrons. The summed E-state index contributed by atoms with van der Waals surface area (Å²) in [5.74, 6) is 1.55. The Morgan fingerprint density at radius 2 is 2.08 bits per heavy atom. The van der Waals surface area contributed by atoms with Crippen LogP contribution >= 0.6 is 15.9 Å². The van der Waals surface area contributed by atoms with Crippen molar-refractivity contribution in [1.29, 1.82) is 0 Å². The van der Waals surface area contributed by atoms with Crippen molar-refractivity contribution >= 4 is 26.0 Å². The SMILES string of the molecule is Cc1ccc(Br)c(S(=O)(=O)N2CCCCC2c2nc(C(C)C)n[nH]2)c1. The zero-order valence-electron chi connectivity index (χ0n) is 14.7. The van der Waals surface area contributed by atoms with E-state index in [0.717, 1.165) is 30.7 Å². The van der Waals surface area contributed by atoms with Crippen molar-refractivity contribution in [3.8, 4) is 0 Å². The first-order valence-corrected chi connectivity index (χ1v) is 10.7. The minimum atomic E-state index is -3.62. The Hall–Kier alpha value is -1.25. The van der Waals surface area contributed by atoms with Crippen molar-refractivity contribution in [3.63, 3.8) is 0 Å². The van der Waals surface area contributed by atoms with Crippen LogP contribution in [0.15, 0.2) is 27.6 Å². The zero-order chi connectivity index (χ0) is 18.2. The van der Waals surface area contributed by atoms with Gasteiger partial charge in [-0.1, -0.05) is 26.3 Å². The molecule has 0 amide bonds. The van der Waals surface area contributed by atoms with E-state index in [2.05, 4.69) is 31.1 Å². The Bertz CT molecular complexity index is 863. The Morgan fingerprint density at radius 1 is 1.32 bits per heavy atom. The Morgan fingerprint density at radius 3 is 2.76 bits per heavy atom. The molecule has 25 heavy (non-hydrogen) atoms. The van der Waals surface area contributed by atoms with Gasteiger partial charge in [-0.2, -0.15) is 9.40 Å². The molecule has 6 nitrogen and oxygen atoms in total. The first-order chi connectivity index (χ1) is 11.8. The smallest absolute Gasteiger partial charge is 0.244 e. The van der Waals surface area contributed by atoms with Gasteiger partial charge in [0.25, 0.3) is 0 Å². The van der Waals surface area contributed by atoms with Gasteiger partial charge in [-0.3, -0.25) is 5.10 Å². The number of nitrogens with one attached hydrogen (secondary N) is 1. The molecule has 1 atom stereocenters. The molecule has 8 heteroatoms. The molecular weight excluding hydrogens is 404 g/mol. The van der Waals surface area contributed by atoms with Crippen molar-refractivity contribution in [2.45, 2.75) is 56.9 Å². The average Bonchev–Trinajstić information content (AvgIpc) is 3.07. The number of H-pyrrole nitrogens is 1. The van der Waals surface area contributed by atoms with Crippen LogP contribution in [0.1, 0.15) is 62.3 Å². The fourth-order valence-electron chi connectivity index (χ4n) is 3.10. The van der Waals surface area contributed by atoms with Gasteiger partial charge in [0.1, 0.15) is 5.82 Å². The van der Waals surface area contributed by atoms with Crippen LogP contribution in [-0.2, 0) is 10.0 Å². The maximum atomic E-state index is 13.3. The van der Waals surface area contributed by atoms with Crippen molar-refractivity contribution in [2.24, 2.45) is 0 Å². The first kappa shape index (κ1) is 18.5. The Kier molecular flexibility index (Phi) is 5.31. The van der Waals surface area contributed by atoms with Crippen LogP contribution in [0.3, 0.4) is 0 Å². The summed E-state index contributed by atoms with van der Waals surface area (Å²) in [6, 6.07) is 5.09. The van der Waals surface area contributed by atoms with Gasteiger partial charge in [-0.25, -0.2) is 13.4 Å². The summed E-state index contributed by atoms with van der Waals surface area (Å²) >= 11 is 3.39. The third-order valence-electron chi connectivity index (χ3n) is 4.48. The van der Waals surface area contributed by atoms with E-state index in [1.807, 2.05) is 26.8 Å². The van der Waals surface area contributed by atoms with Gasteiger partial charge in [0.15, 0.2) is 5.82 Å². The molecule has 1 aliphatic heterocycles. The highest BCUT2D eigenvalue weighted by atomic mass is 79.9. The summed E-state index contributed by atoms with van der Waals surface area (Å²) in [6.45, 7) is 6.42. The molecule has 0 radical (unpaired) electrons. The minimum Gasteiger partial charge on any atom is -0.262 e. The van der Waals surface area contributed by atoms with Crippen LogP contribution in [0.4, 0.5) is 0 Å². The number of rotatable bonds is 4. The molecule has 2 aromatic rings. The Labute approximate surface area is 157 Å². The van der Waals surface area contributed by atoms with Gasteiger partial charge in [0.2, 0.25) is 10.0 Å². The van der Waals surface area contributed by atoms with Gasteiger partial charge >= 0.3 is 0 Å². The molecule has 1 aromatic heterocycles. The lowest BCUT2D eigenvalue weighted by Gasteiger charge is -2.33. The van der Waals surface area contributed by atoms with Crippen LogP contribution in [0.5, 0.6) is 0 Å². The van der Waals surface area contributed by atoms with E-state index in [1.165, 1.54) is 0 Å². The van der Waals surface area contributed by atoms with Gasteiger partial charge in [-0.05, 0) is 53.4 Å². The third-order valence-corrected chi connectivity index (χ3v) is 7.38. The van der Waals surface area contributed by atoms with E-state index in [4.69, 9.17) is 0 Å². The number of aromatic amines is 1. The van der Waals surface area contributed by atoms with Gasteiger partial charge in [0, 0.05) is 16.9 Å². The molecule has 0 spiro atoms. The summed E-state index contributed by atoms with van der Waals surface area (Å²) in [6.07, 6.45) is 2.57. The largest absolute Gasteiger partial charge is 0.262 e. The van der Waals surface area contributed by atoms with Gasteiger partial charge in [0.05, 0.1) is 10.9 Å². The molecule has 0 aliphatic carbocycles. The lowest BCUT2D eigenvalue weighted by Crippen LogP contribution is -2.39. The Balaban J connectivity index is 2.01. The molecule has 3 rings (SSSR count). The van der Waals surface area contributed by atoms with Crippen molar-refractivity contribution in [2.75, 3.05) is 6.54 Å². The molecule has 0 bridgehead atoms. The van der Waals surface area contributed by atoms with E-state index < -0.39 is 10.0 Å². The maximum absolute atomic E-state index is 13.3. The highest BCUT2D eigenvalue weighted by molar-refractivity contribution is 9.10. The summed E-state index contributed by atoms with van der Waals surface area (Å²) < 4.78 is 28.8. The molecule has 1 N–H and O–H groups in total. The zero-order valence-corrected chi connectivity index (χ0v) is 17.1. The summed E-state index contributed by atoms with van der Waals surface area (Å²) in [5, 5.41) is 7.20. The van der Waals surface area contributed by atoms with E-state index in [0.29, 0.717) is 21.7 Å². The van der Waals surface area contributed by atoms with Crippen LogP contribution < -0.4 is 0 Å². The van der Waals surface area contributed by atoms with Crippen molar-refractivity contribution in [3.05, 3.63) is 39.9 Å². The van der Waals surface area contributed by atoms with E-state index in [1.54, 1.807) is 16.4 Å². The molecule has 1 saturated heterocycles. The predicted molar refractivity (Wildman–Crippen MR) is 99.8 cm³/mol. The molecule has 1 unspecified atom stereocenters. The maximum Gasteiger partial charge on any atom is 0.244 e. The van der Waals surface area contributed by atoms with Crippen molar-refractivity contribution < 1.29 is 8.42 Å². The molecular formula is C17H23BrN4O2S. The van der Waals surface area contributed by atoms with Crippen molar-refractivity contribution in [1.82, 2.24) is 19.5 Å². The third kappa shape index (κ3) is 3.66.